The molecule has 0 fully saturated rings. The molecule has 2 rings (SSSR count). The first-order chi connectivity index (χ1) is 9.83. The van der Waals surface area contributed by atoms with Crippen LogP contribution in [-0.4, -0.2) is 12.9 Å². The SMILES string of the molecule is C=CCOc1ccccc1CNc1cccc(SC)c1. The molecule has 0 aromatic heterocycles. The van der Waals surface area contributed by atoms with Crippen LogP contribution in [0.25, 0.3) is 0 Å². The third-order valence-electron chi connectivity index (χ3n) is 2.88. The van der Waals surface area contributed by atoms with Crippen molar-refractivity contribution in [3.05, 3.63) is 66.7 Å². The summed E-state index contributed by atoms with van der Waals surface area (Å²) in [4.78, 5) is 1.26. The second-order valence-corrected chi connectivity index (χ2v) is 5.17. The van der Waals surface area contributed by atoms with Crippen molar-refractivity contribution in [3.8, 4) is 5.75 Å². The van der Waals surface area contributed by atoms with E-state index in [4.69, 9.17) is 4.74 Å². The number of hydrogen-bond acceptors (Lipinski definition) is 3. The molecule has 2 nitrogen and oxygen atoms in total. The Kier molecular flexibility index (Phi) is 5.56. The first-order valence-corrected chi connectivity index (χ1v) is 7.75. The van der Waals surface area contributed by atoms with Crippen molar-refractivity contribution in [1.82, 2.24) is 0 Å². The van der Waals surface area contributed by atoms with Gasteiger partial charge >= 0.3 is 0 Å². The van der Waals surface area contributed by atoms with Crippen molar-refractivity contribution in [1.29, 1.82) is 0 Å². The van der Waals surface area contributed by atoms with Gasteiger partial charge in [0.15, 0.2) is 0 Å². The van der Waals surface area contributed by atoms with Gasteiger partial charge < -0.3 is 10.1 Å². The molecule has 0 atom stereocenters. The highest BCUT2D eigenvalue weighted by Crippen LogP contribution is 2.22. The van der Waals surface area contributed by atoms with E-state index in [0.29, 0.717) is 6.61 Å². The molecule has 0 aliphatic rings. The summed E-state index contributed by atoms with van der Waals surface area (Å²) in [6, 6.07) is 16.5. The van der Waals surface area contributed by atoms with E-state index in [2.05, 4.69) is 48.5 Å². The predicted molar refractivity (Wildman–Crippen MR) is 87.7 cm³/mol. The highest BCUT2D eigenvalue weighted by atomic mass is 32.2. The summed E-state index contributed by atoms with van der Waals surface area (Å²) in [5.41, 5.74) is 2.26. The van der Waals surface area contributed by atoms with Crippen LogP contribution >= 0.6 is 11.8 Å². The summed E-state index contributed by atoms with van der Waals surface area (Å²) in [5.74, 6) is 0.904. The van der Waals surface area contributed by atoms with Gasteiger partial charge in [-0.1, -0.05) is 36.9 Å². The number of ether oxygens (including phenoxy) is 1. The number of rotatable bonds is 7. The fourth-order valence-electron chi connectivity index (χ4n) is 1.87. The lowest BCUT2D eigenvalue weighted by Gasteiger charge is -2.12. The van der Waals surface area contributed by atoms with Crippen molar-refractivity contribution < 1.29 is 4.74 Å². The molecule has 2 aromatic carbocycles. The zero-order chi connectivity index (χ0) is 14.2. The summed E-state index contributed by atoms with van der Waals surface area (Å²) in [5, 5.41) is 3.43. The molecule has 104 valence electrons. The van der Waals surface area contributed by atoms with E-state index in [1.807, 2.05) is 18.2 Å². The molecule has 1 N–H and O–H groups in total. The number of anilines is 1. The smallest absolute Gasteiger partial charge is 0.124 e. The molecule has 2 aromatic rings. The van der Waals surface area contributed by atoms with E-state index in [0.717, 1.165) is 23.5 Å². The standard InChI is InChI=1S/C17H19NOS/c1-3-11-19-17-10-5-4-7-14(17)13-18-15-8-6-9-16(12-15)20-2/h3-10,12,18H,1,11,13H2,2H3. The Balaban J connectivity index is 2.04. The summed E-state index contributed by atoms with van der Waals surface area (Å²) in [7, 11) is 0. The minimum Gasteiger partial charge on any atom is -0.489 e. The zero-order valence-corrected chi connectivity index (χ0v) is 12.5. The zero-order valence-electron chi connectivity index (χ0n) is 11.6. The maximum atomic E-state index is 5.66. The Bertz CT molecular complexity index is 568. The van der Waals surface area contributed by atoms with Crippen LogP contribution in [-0.2, 0) is 6.54 Å². The molecule has 3 heteroatoms. The highest BCUT2D eigenvalue weighted by Gasteiger charge is 2.02. The van der Waals surface area contributed by atoms with Crippen molar-refractivity contribution in [2.45, 2.75) is 11.4 Å². The van der Waals surface area contributed by atoms with Gasteiger partial charge in [-0.15, -0.1) is 11.8 Å². The van der Waals surface area contributed by atoms with Crippen molar-refractivity contribution in [2.75, 3.05) is 18.2 Å². The Morgan fingerprint density at radius 1 is 1.20 bits per heavy atom. The molecule has 0 radical (unpaired) electrons. The van der Waals surface area contributed by atoms with Gasteiger partial charge in [-0.25, -0.2) is 0 Å². The minimum absolute atomic E-state index is 0.527. The van der Waals surface area contributed by atoms with Crippen molar-refractivity contribution in [2.24, 2.45) is 0 Å². The molecule has 0 aliphatic carbocycles. The van der Waals surface area contributed by atoms with Crippen LogP contribution in [0.3, 0.4) is 0 Å². The van der Waals surface area contributed by atoms with Crippen molar-refractivity contribution in [3.63, 3.8) is 0 Å². The largest absolute Gasteiger partial charge is 0.489 e. The molecule has 0 aliphatic heterocycles. The maximum absolute atomic E-state index is 5.66. The first kappa shape index (κ1) is 14.5. The molecule has 0 unspecified atom stereocenters. The number of hydrogen-bond donors (Lipinski definition) is 1. The Hall–Kier alpha value is -1.87. The molecule has 0 saturated carbocycles. The number of benzene rings is 2. The fourth-order valence-corrected chi connectivity index (χ4v) is 2.33. The first-order valence-electron chi connectivity index (χ1n) is 6.53. The summed E-state index contributed by atoms with van der Waals surface area (Å²) < 4.78 is 5.66. The number of nitrogens with one attached hydrogen (secondary N) is 1. The third kappa shape index (κ3) is 4.07. The van der Waals surface area contributed by atoms with Crippen LogP contribution < -0.4 is 10.1 Å². The lowest BCUT2D eigenvalue weighted by atomic mass is 10.2. The molecular formula is C17H19NOS. The van der Waals surface area contributed by atoms with Gasteiger partial charge in [-0.2, -0.15) is 0 Å². The average Bonchev–Trinajstić information content (AvgIpc) is 2.52. The van der Waals surface area contributed by atoms with E-state index < -0.39 is 0 Å². The average molecular weight is 285 g/mol. The second kappa shape index (κ2) is 7.65. The van der Waals surface area contributed by atoms with Gasteiger partial charge in [0, 0.05) is 22.7 Å². The normalized spacial score (nSPS) is 10.1. The topological polar surface area (TPSA) is 21.3 Å². The van der Waals surface area contributed by atoms with Gasteiger partial charge in [0.05, 0.1) is 0 Å². The van der Waals surface area contributed by atoms with Crippen LogP contribution in [0.15, 0.2) is 66.1 Å². The van der Waals surface area contributed by atoms with Crippen LogP contribution in [0.1, 0.15) is 5.56 Å². The molecule has 20 heavy (non-hydrogen) atoms. The van der Waals surface area contributed by atoms with Crippen LogP contribution in [0, 0.1) is 0 Å². The Morgan fingerprint density at radius 2 is 2.05 bits per heavy atom. The highest BCUT2D eigenvalue weighted by molar-refractivity contribution is 7.98. The van der Waals surface area contributed by atoms with Crippen LogP contribution in [0.4, 0.5) is 5.69 Å². The van der Waals surface area contributed by atoms with Crippen molar-refractivity contribution >= 4 is 17.4 Å². The molecule has 0 spiro atoms. The van der Waals surface area contributed by atoms with Gasteiger partial charge in [0.1, 0.15) is 12.4 Å². The third-order valence-corrected chi connectivity index (χ3v) is 3.61. The van der Waals surface area contributed by atoms with E-state index >= 15 is 0 Å². The second-order valence-electron chi connectivity index (χ2n) is 4.29. The lowest BCUT2D eigenvalue weighted by Crippen LogP contribution is -2.03. The fraction of sp³-hybridized carbons (Fsp3) is 0.176. The summed E-state index contributed by atoms with van der Waals surface area (Å²) in [6.07, 6.45) is 3.84. The molecule has 0 saturated heterocycles. The maximum Gasteiger partial charge on any atom is 0.124 e. The minimum atomic E-state index is 0.527. The quantitative estimate of drug-likeness (QED) is 0.594. The molecule has 0 amide bonds. The Morgan fingerprint density at radius 3 is 2.85 bits per heavy atom. The monoisotopic (exact) mass is 285 g/mol. The molecular weight excluding hydrogens is 266 g/mol. The van der Waals surface area contributed by atoms with Gasteiger partial charge in [0.25, 0.3) is 0 Å². The molecule has 0 heterocycles. The van der Waals surface area contributed by atoms with Crippen LogP contribution in [0.5, 0.6) is 5.75 Å². The number of thioether (sulfide) groups is 1. The van der Waals surface area contributed by atoms with Gasteiger partial charge in [0.2, 0.25) is 0 Å². The van der Waals surface area contributed by atoms with E-state index in [-0.39, 0.29) is 0 Å². The number of para-hydroxylation sites is 1. The van der Waals surface area contributed by atoms with Gasteiger partial charge in [-0.05, 0) is 30.5 Å². The molecule has 0 bridgehead atoms. The summed E-state index contributed by atoms with van der Waals surface area (Å²) in [6.45, 7) is 4.94. The van der Waals surface area contributed by atoms with Crippen LogP contribution in [0.2, 0.25) is 0 Å². The Labute approximate surface area is 124 Å². The van der Waals surface area contributed by atoms with E-state index in [1.165, 1.54) is 4.90 Å². The van der Waals surface area contributed by atoms with Gasteiger partial charge in [-0.3, -0.25) is 0 Å². The lowest BCUT2D eigenvalue weighted by molar-refractivity contribution is 0.359. The van der Waals surface area contributed by atoms with E-state index in [1.54, 1.807) is 17.8 Å². The van der Waals surface area contributed by atoms with E-state index in [9.17, 15) is 0 Å². The predicted octanol–water partition coefficient (Wildman–Crippen LogP) is 4.59. The summed E-state index contributed by atoms with van der Waals surface area (Å²) >= 11 is 1.74.